The maximum Gasteiger partial charge on any atom is 0.310 e. The molecule has 5 nitrogen and oxygen atoms in total. The lowest BCUT2D eigenvalue weighted by atomic mass is 10.0. The van der Waals surface area contributed by atoms with Crippen LogP contribution in [0.2, 0.25) is 0 Å². The standard InChI is InChI=1S/C23H30N2O3/c1-2-27-23(26)14-17-10-12-19(13-11-17)24-22-16-25(28-20-7-3-4-8-20)15-18-6-5-9-21(18)22/h10-13,16,20,24H,2-9,14-15H2,1H3. The third-order valence-electron chi connectivity index (χ3n) is 5.75. The number of hydroxylamine groups is 2. The van der Waals surface area contributed by atoms with E-state index in [2.05, 4.69) is 11.5 Å². The summed E-state index contributed by atoms with van der Waals surface area (Å²) in [7, 11) is 0. The van der Waals surface area contributed by atoms with Crippen molar-refractivity contribution < 1.29 is 14.4 Å². The van der Waals surface area contributed by atoms with E-state index in [1.165, 1.54) is 43.3 Å². The van der Waals surface area contributed by atoms with Gasteiger partial charge in [-0.2, -0.15) is 0 Å². The Labute approximate surface area is 167 Å². The van der Waals surface area contributed by atoms with Crippen LogP contribution >= 0.6 is 0 Å². The molecule has 0 radical (unpaired) electrons. The zero-order valence-corrected chi connectivity index (χ0v) is 16.7. The van der Waals surface area contributed by atoms with Gasteiger partial charge >= 0.3 is 5.97 Å². The molecular formula is C23H30N2O3. The van der Waals surface area contributed by atoms with E-state index in [0.29, 0.717) is 19.1 Å². The average molecular weight is 383 g/mol. The second-order valence-corrected chi connectivity index (χ2v) is 7.87. The van der Waals surface area contributed by atoms with Crippen LogP contribution < -0.4 is 5.32 Å². The van der Waals surface area contributed by atoms with Crippen LogP contribution in [0.4, 0.5) is 5.69 Å². The molecule has 28 heavy (non-hydrogen) atoms. The molecule has 1 saturated carbocycles. The van der Waals surface area contributed by atoms with Gasteiger partial charge in [-0.3, -0.25) is 14.7 Å². The number of hydrogen-bond donors (Lipinski definition) is 1. The number of carbonyl (C=O) groups excluding carboxylic acids is 1. The second-order valence-electron chi connectivity index (χ2n) is 7.87. The van der Waals surface area contributed by atoms with Crippen molar-refractivity contribution in [3.63, 3.8) is 0 Å². The van der Waals surface area contributed by atoms with Gasteiger partial charge in [0.1, 0.15) is 0 Å². The Kier molecular flexibility index (Phi) is 6.01. The number of carbonyl (C=O) groups is 1. The molecule has 1 aliphatic heterocycles. The first-order chi connectivity index (χ1) is 13.7. The summed E-state index contributed by atoms with van der Waals surface area (Å²) >= 11 is 0. The van der Waals surface area contributed by atoms with Gasteiger partial charge in [-0.25, -0.2) is 0 Å². The molecule has 0 amide bonds. The molecule has 0 spiro atoms. The van der Waals surface area contributed by atoms with Crippen LogP contribution in [0.25, 0.3) is 0 Å². The van der Waals surface area contributed by atoms with Gasteiger partial charge in [-0.05, 0) is 67.9 Å². The predicted molar refractivity (Wildman–Crippen MR) is 109 cm³/mol. The number of nitrogens with zero attached hydrogens (tertiary/aromatic N) is 1. The molecule has 3 aliphatic rings. The highest BCUT2D eigenvalue weighted by Crippen LogP contribution is 2.36. The summed E-state index contributed by atoms with van der Waals surface area (Å²) in [6.45, 7) is 3.15. The molecule has 2 aliphatic carbocycles. The Balaban J connectivity index is 1.43. The molecule has 0 bridgehead atoms. The van der Waals surface area contributed by atoms with Crippen molar-refractivity contribution in [2.45, 2.75) is 64.4 Å². The fourth-order valence-corrected chi connectivity index (χ4v) is 4.36. The van der Waals surface area contributed by atoms with Crippen LogP contribution in [-0.4, -0.2) is 30.3 Å². The van der Waals surface area contributed by atoms with Crippen molar-refractivity contribution in [1.82, 2.24) is 5.06 Å². The van der Waals surface area contributed by atoms with Gasteiger partial charge in [0, 0.05) is 5.69 Å². The molecule has 4 rings (SSSR count). The highest BCUT2D eigenvalue weighted by Gasteiger charge is 2.27. The summed E-state index contributed by atoms with van der Waals surface area (Å²) in [6.07, 6.45) is 11.2. The fourth-order valence-electron chi connectivity index (χ4n) is 4.36. The predicted octanol–water partition coefficient (Wildman–Crippen LogP) is 4.72. The van der Waals surface area contributed by atoms with Gasteiger partial charge in [0.15, 0.2) is 0 Å². The molecule has 1 aromatic carbocycles. The zero-order chi connectivity index (χ0) is 19.3. The Hall–Kier alpha value is -2.27. The van der Waals surface area contributed by atoms with Gasteiger partial charge in [-0.15, -0.1) is 0 Å². The lowest BCUT2D eigenvalue weighted by Crippen LogP contribution is -2.30. The Morgan fingerprint density at radius 3 is 2.68 bits per heavy atom. The first-order valence-corrected chi connectivity index (χ1v) is 10.6. The fraction of sp³-hybridized carbons (Fsp3) is 0.522. The Bertz CT molecular complexity index is 761. The number of nitrogens with one attached hydrogen (secondary N) is 1. The van der Waals surface area contributed by atoms with Gasteiger partial charge < -0.3 is 10.1 Å². The molecule has 150 valence electrons. The minimum Gasteiger partial charge on any atom is -0.466 e. The second kappa shape index (κ2) is 8.82. The lowest BCUT2D eigenvalue weighted by molar-refractivity contribution is -0.158. The monoisotopic (exact) mass is 382 g/mol. The molecule has 1 heterocycles. The quantitative estimate of drug-likeness (QED) is 0.692. The van der Waals surface area contributed by atoms with E-state index in [9.17, 15) is 4.79 Å². The summed E-state index contributed by atoms with van der Waals surface area (Å²) in [5, 5.41) is 5.62. The molecule has 0 aromatic heterocycles. The molecule has 5 heteroatoms. The van der Waals surface area contributed by atoms with Crippen molar-refractivity contribution in [1.29, 1.82) is 0 Å². The van der Waals surface area contributed by atoms with E-state index in [1.807, 2.05) is 36.3 Å². The molecule has 0 saturated heterocycles. The topological polar surface area (TPSA) is 50.8 Å². The van der Waals surface area contributed by atoms with Crippen LogP contribution in [0.3, 0.4) is 0 Å². The minimum absolute atomic E-state index is 0.182. The van der Waals surface area contributed by atoms with E-state index >= 15 is 0 Å². The maximum absolute atomic E-state index is 11.6. The smallest absolute Gasteiger partial charge is 0.310 e. The number of benzene rings is 1. The van der Waals surface area contributed by atoms with Crippen molar-refractivity contribution in [3.05, 3.63) is 52.9 Å². The van der Waals surface area contributed by atoms with Crippen LogP contribution in [0.1, 0.15) is 57.4 Å². The molecular weight excluding hydrogens is 352 g/mol. The minimum atomic E-state index is -0.182. The van der Waals surface area contributed by atoms with E-state index in [-0.39, 0.29) is 5.97 Å². The molecule has 0 unspecified atom stereocenters. The van der Waals surface area contributed by atoms with E-state index in [4.69, 9.17) is 9.57 Å². The van der Waals surface area contributed by atoms with Crippen molar-refractivity contribution in [2.24, 2.45) is 0 Å². The number of anilines is 1. The largest absolute Gasteiger partial charge is 0.466 e. The summed E-state index contributed by atoms with van der Waals surface area (Å²) in [6, 6.07) is 8.03. The number of ether oxygens (including phenoxy) is 1. The van der Waals surface area contributed by atoms with Crippen LogP contribution in [0.5, 0.6) is 0 Å². The lowest BCUT2D eigenvalue weighted by Gasteiger charge is -2.30. The SMILES string of the molecule is CCOC(=O)Cc1ccc(NC2=CN(OC3CCCC3)CC3=C2CCC3)cc1. The highest BCUT2D eigenvalue weighted by molar-refractivity contribution is 5.72. The number of esters is 1. The number of hydrogen-bond acceptors (Lipinski definition) is 5. The first kappa shape index (κ1) is 19.1. The molecule has 1 fully saturated rings. The summed E-state index contributed by atoms with van der Waals surface area (Å²) in [4.78, 5) is 17.9. The summed E-state index contributed by atoms with van der Waals surface area (Å²) in [5.41, 5.74) is 6.09. The van der Waals surface area contributed by atoms with E-state index < -0.39 is 0 Å². The van der Waals surface area contributed by atoms with Crippen LogP contribution in [0.15, 0.2) is 47.3 Å². The number of allylic oxidation sites excluding steroid dienone is 1. The van der Waals surface area contributed by atoms with Crippen molar-refractivity contribution in [2.75, 3.05) is 18.5 Å². The maximum atomic E-state index is 11.6. The third-order valence-corrected chi connectivity index (χ3v) is 5.75. The van der Waals surface area contributed by atoms with Gasteiger partial charge in [-0.1, -0.05) is 25.0 Å². The normalized spacial score (nSPS) is 19.6. The van der Waals surface area contributed by atoms with Crippen molar-refractivity contribution >= 4 is 11.7 Å². The third kappa shape index (κ3) is 4.58. The summed E-state index contributed by atoms with van der Waals surface area (Å²) in [5.74, 6) is -0.182. The van der Waals surface area contributed by atoms with Crippen LogP contribution in [0, 0.1) is 0 Å². The highest BCUT2D eigenvalue weighted by atomic mass is 16.7. The van der Waals surface area contributed by atoms with Gasteiger partial charge in [0.2, 0.25) is 0 Å². The Morgan fingerprint density at radius 2 is 1.93 bits per heavy atom. The van der Waals surface area contributed by atoms with Gasteiger partial charge in [0.05, 0.1) is 37.6 Å². The van der Waals surface area contributed by atoms with E-state index in [1.54, 1.807) is 0 Å². The first-order valence-electron chi connectivity index (χ1n) is 10.6. The molecule has 1 N–H and O–H groups in total. The Morgan fingerprint density at radius 1 is 1.14 bits per heavy atom. The number of rotatable bonds is 7. The summed E-state index contributed by atoms with van der Waals surface area (Å²) < 4.78 is 5.02. The zero-order valence-electron chi connectivity index (χ0n) is 16.7. The van der Waals surface area contributed by atoms with Crippen LogP contribution in [-0.2, 0) is 20.8 Å². The van der Waals surface area contributed by atoms with E-state index in [0.717, 1.165) is 36.3 Å². The van der Waals surface area contributed by atoms with Gasteiger partial charge in [0.25, 0.3) is 0 Å². The molecule has 0 atom stereocenters. The average Bonchev–Trinajstić information content (AvgIpc) is 3.35. The molecule has 1 aromatic rings. The van der Waals surface area contributed by atoms with Crippen molar-refractivity contribution in [3.8, 4) is 0 Å².